The molecule has 4 rings (SSSR count). The van der Waals surface area contributed by atoms with Crippen LogP contribution in [-0.2, 0) is 0 Å². The number of aromatic nitrogens is 3. The van der Waals surface area contributed by atoms with E-state index in [4.69, 9.17) is 5.73 Å². The van der Waals surface area contributed by atoms with E-state index in [9.17, 15) is 9.90 Å². The molecular formula is C18H20N6O2S. The van der Waals surface area contributed by atoms with Gasteiger partial charge in [-0.1, -0.05) is 6.07 Å². The Morgan fingerprint density at radius 3 is 3.00 bits per heavy atom. The summed E-state index contributed by atoms with van der Waals surface area (Å²) in [5.41, 5.74) is 7.72. The van der Waals surface area contributed by atoms with Crippen molar-refractivity contribution in [3.63, 3.8) is 0 Å². The van der Waals surface area contributed by atoms with E-state index in [0.717, 1.165) is 5.69 Å². The summed E-state index contributed by atoms with van der Waals surface area (Å²) in [5.74, 6) is 0.135. The molecule has 1 saturated heterocycles. The van der Waals surface area contributed by atoms with Gasteiger partial charge in [-0.3, -0.25) is 9.78 Å². The van der Waals surface area contributed by atoms with Crippen molar-refractivity contribution in [2.24, 2.45) is 0 Å². The Labute approximate surface area is 160 Å². The first-order valence-corrected chi connectivity index (χ1v) is 9.55. The van der Waals surface area contributed by atoms with E-state index < -0.39 is 6.10 Å². The smallest absolute Gasteiger partial charge is 0.274 e. The number of pyridine rings is 1. The molecule has 4 heterocycles. The second-order valence-corrected chi connectivity index (χ2v) is 7.66. The summed E-state index contributed by atoms with van der Waals surface area (Å²) in [6, 6.07) is 7.30. The third-order valence-electron chi connectivity index (χ3n) is 4.52. The molecule has 0 saturated carbocycles. The summed E-state index contributed by atoms with van der Waals surface area (Å²) in [6.45, 7) is 2.79. The largest absolute Gasteiger partial charge is 0.391 e. The second-order valence-electron chi connectivity index (χ2n) is 6.57. The Morgan fingerprint density at radius 2 is 2.30 bits per heavy atom. The third kappa shape index (κ3) is 3.56. The third-order valence-corrected chi connectivity index (χ3v) is 5.48. The normalized spacial score (nSPS) is 18.0. The van der Waals surface area contributed by atoms with Crippen LogP contribution in [0.2, 0.25) is 0 Å². The van der Waals surface area contributed by atoms with E-state index in [-0.39, 0.29) is 11.9 Å². The fourth-order valence-electron chi connectivity index (χ4n) is 3.13. The number of anilines is 2. The van der Waals surface area contributed by atoms with Crippen molar-refractivity contribution in [1.82, 2.24) is 19.9 Å². The van der Waals surface area contributed by atoms with Gasteiger partial charge < -0.3 is 21.1 Å². The van der Waals surface area contributed by atoms with Crippen LogP contribution in [-0.4, -0.2) is 50.1 Å². The summed E-state index contributed by atoms with van der Waals surface area (Å²) in [5, 5.41) is 13.5. The number of β-amino-alcohol motifs (C(OH)–C–C–N with tert-alkyl or cyclic N) is 1. The average molecular weight is 384 g/mol. The molecule has 1 aliphatic rings. The lowest BCUT2D eigenvalue weighted by atomic mass is 10.2. The van der Waals surface area contributed by atoms with Gasteiger partial charge in [-0.25, -0.2) is 9.97 Å². The first-order valence-electron chi connectivity index (χ1n) is 8.73. The standard InChI is InChI=1S/C18H20N6O2S/c1-10(12-4-2-3-6-20-12)21-18-22-13-8-14(19)27-16(13)15(23-18)17(26)24-7-5-11(25)9-24/h2-4,6,8,10-11,25H,5,7,9,19H2,1H3,(H,21,22,23). The summed E-state index contributed by atoms with van der Waals surface area (Å²) in [4.78, 5) is 27.9. The molecule has 1 amide bonds. The highest BCUT2D eigenvalue weighted by Crippen LogP contribution is 2.31. The van der Waals surface area contributed by atoms with Crippen molar-refractivity contribution in [2.75, 3.05) is 24.1 Å². The van der Waals surface area contributed by atoms with Crippen LogP contribution in [0.1, 0.15) is 35.6 Å². The number of hydrogen-bond donors (Lipinski definition) is 3. The van der Waals surface area contributed by atoms with Gasteiger partial charge in [0.1, 0.15) is 0 Å². The molecule has 2 atom stereocenters. The van der Waals surface area contributed by atoms with E-state index in [1.54, 1.807) is 17.2 Å². The molecule has 0 bridgehead atoms. The van der Waals surface area contributed by atoms with Crippen molar-refractivity contribution >= 4 is 38.4 Å². The maximum absolute atomic E-state index is 13.0. The van der Waals surface area contributed by atoms with Crippen LogP contribution in [0.4, 0.5) is 10.9 Å². The molecule has 8 nitrogen and oxygen atoms in total. The number of nitrogen functional groups attached to an aromatic ring is 1. The lowest BCUT2D eigenvalue weighted by molar-refractivity contribution is 0.0761. The van der Waals surface area contributed by atoms with Gasteiger partial charge in [0.05, 0.1) is 33.1 Å². The zero-order valence-electron chi connectivity index (χ0n) is 14.8. The van der Waals surface area contributed by atoms with Crippen LogP contribution < -0.4 is 11.1 Å². The van der Waals surface area contributed by atoms with Crippen molar-refractivity contribution in [1.29, 1.82) is 0 Å². The maximum atomic E-state index is 13.0. The van der Waals surface area contributed by atoms with Gasteiger partial charge in [-0.2, -0.15) is 0 Å². The number of nitrogens with zero attached hydrogens (tertiary/aromatic N) is 4. The van der Waals surface area contributed by atoms with Crippen molar-refractivity contribution in [3.05, 3.63) is 41.9 Å². The summed E-state index contributed by atoms with van der Waals surface area (Å²) in [6.07, 6.45) is 1.82. The number of nitrogens with one attached hydrogen (secondary N) is 1. The average Bonchev–Trinajstić information content (AvgIpc) is 3.26. The summed E-state index contributed by atoms with van der Waals surface area (Å²) < 4.78 is 0.662. The van der Waals surface area contributed by atoms with Crippen molar-refractivity contribution in [2.45, 2.75) is 25.5 Å². The Kier molecular flexibility index (Phi) is 4.63. The Bertz CT molecular complexity index is 977. The highest BCUT2D eigenvalue weighted by molar-refractivity contribution is 7.22. The number of carbonyl (C=O) groups excluding carboxylic acids is 1. The number of aliphatic hydroxyl groups is 1. The predicted octanol–water partition coefficient (Wildman–Crippen LogP) is 2.05. The number of nitrogens with two attached hydrogens (primary N) is 1. The molecule has 2 unspecified atom stereocenters. The van der Waals surface area contributed by atoms with Gasteiger partial charge in [-0.15, -0.1) is 11.3 Å². The number of hydrogen-bond acceptors (Lipinski definition) is 8. The number of likely N-dealkylation sites (tertiary alicyclic amines) is 1. The minimum atomic E-state index is -0.485. The maximum Gasteiger partial charge on any atom is 0.274 e. The minimum absolute atomic E-state index is 0.129. The molecule has 3 aromatic rings. The van der Waals surface area contributed by atoms with Gasteiger partial charge in [0.25, 0.3) is 5.91 Å². The Balaban J connectivity index is 1.69. The quantitative estimate of drug-likeness (QED) is 0.630. The summed E-state index contributed by atoms with van der Waals surface area (Å²) in [7, 11) is 0. The minimum Gasteiger partial charge on any atom is -0.391 e. The van der Waals surface area contributed by atoms with E-state index in [1.807, 2.05) is 25.1 Å². The van der Waals surface area contributed by atoms with Crippen LogP contribution in [0.5, 0.6) is 0 Å². The molecular weight excluding hydrogens is 364 g/mol. The topological polar surface area (TPSA) is 117 Å². The number of amides is 1. The number of rotatable bonds is 4. The number of carbonyl (C=O) groups is 1. The number of aliphatic hydroxyl groups excluding tert-OH is 1. The zero-order valence-corrected chi connectivity index (χ0v) is 15.6. The van der Waals surface area contributed by atoms with Gasteiger partial charge in [0.15, 0.2) is 5.69 Å². The van der Waals surface area contributed by atoms with Crippen LogP contribution in [0, 0.1) is 0 Å². The molecule has 3 aromatic heterocycles. The number of fused-ring (bicyclic) bond motifs is 1. The molecule has 1 fully saturated rings. The van der Waals surface area contributed by atoms with Gasteiger partial charge in [0.2, 0.25) is 5.95 Å². The molecule has 0 aromatic carbocycles. The van der Waals surface area contributed by atoms with E-state index in [1.165, 1.54) is 11.3 Å². The molecule has 1 aliphatic heterocycles. The highest BCUT2D eigenvalue weighted by atomic mass is 32.1. The first-order chi connectivity index (χ1) is 13.0. The second kappa shape index (κ2) is 7.09. The van der Waals surface area contributed by atoms with Crippen LogP contribution >= 0.6 is 11.3 Å². The molecule has 0 aliphatic carbocycles. The van der Waals surface area contributed by atoms with Gasteiger partial charge in [-0.05, 0) is 31.5 Å². The van der Waals surface area contributed by atoms with Crippen LogP contribution in [0.3, 0.4) is 0 Å². The van der Waals surface area contributed by atoms with Crippen molar-refractivity contribution in [3.8, 4) is 0 Å². The van der Waals surface area contributed by atoms with Crippen LogP contribution in [0.25, 0.3) is 10.2 Å². The lowest BCUT2D eigenvalue weighted by Crippen LogP contribution is -2.30. The zero-order chi connectivity index (χ0) is 19.0. The Morgan fingerprint density at radius 1 is 1.44 bits per heavy atom. The van der Waals surface area contributed by atoms with Crippen molar-refractivity contribution < 1.29 is 9.90 Å². The van der Waals surface area contributed by atoms with E-state index >= 15 is 0 Å². The predicted molar refractivity (Wildman–Crippen MR) is 105 cm³/mol. The molecule has 27 heavy (non-hydrogen) atoms. The van der Waals surface area contributed by atoms with E-state index in [0.29, 0.717) is 46.4 Å². The SMILES string of the molecule is CC(Nc1nc(C(=O)N2CCC(O)C2)c2sc(N)cc2n1)c1ccccn1. The molecule has 4 N–H and O–H groups in total. The Hall–Kier alpha value is -2.78. The molecule has 0 radical (unpaired) electrons. The molecule has 9 heteroatoms. The van der Waals surface area contributed by atoms with Gasteiger partial charge in [0, 0.05) is 19.3 Å². The molecule has 0 spiro atoms. The molecule has 140 valence electrons. The fourth-order valence-corrected chi connectivity index (χ4v) is 3.98. The number of thiophene rings is 1. The van der Waals surface area contributed by atoms with Crippen LogP contribution in [0.15, 0.2) is 30.5 Å². The lowest BCUT2D eigenvalue weighted by Gasteiger charge is -2.17. The highest BCUT2D eigenvalue weighted by Gasteiger charge is 2.29. The monoisotopic (exact) mass is 384 g/mol. The van der Waals surface area contributed by atoms with Gasteiger partial charge >= 0.3 is 0 Å². The summed E-state index contributed by atoms with van der Waals surface area (Å²) >= 11 is 1.29. The van der Waals surface area contributed by atoms with E-state index in [2.05, 4.69) is 20.3 Å². The fraction of sp³-hybridized carbons (Fsp3) is 0.333. The first kappa shape index (κ1) is 17.6.